The lowest BCUT2D eigenvalue weighted by molar-refractivity contribution is -0.118. The fraction of sp³-hybridized carbons (Fsp3) is 0.240. The second-order valence-corrected chi connectivity index (χ2v) is 7.96. The van der Waals surface area contributed by atoms with Crippen LogP contribution < -0.4 is 4.90 Å². The van der Waals surface area contributed by atoms with Crippen molar-refractivity contribution in [3.63, 3.8) is 0 Å². The summed E-state index contributed by atoms with van der Waals surface area (Å²) in [5.41, 5.74) is 3.77. The second-order valence-electron chi connectivity index (χ2n) is 7.07. The fourth-order valence-electron chi connectivity index (χ4n) is 3.32. The molecule has 1 amide bonds. The Morgan fingerprint density at radius 3 is 2.52 bits per heavy atom. The first-order valence-corrected chi connectivity index (χ1v) is 11.0. The van der Waals surface area contributed by atoms with Gasteiger partial charge in [-0.15, -0.1) is 11.3 Å². The van der Waals surface area contributed by atoms with E-state index in [0.29, 0.717) is 29.1 Å². The molecule has 0 radical (unpaired) electrons. The Kier molecular flexibility index (Phi) is 7.58. The molecule has 0 spiro atoms. The topological polar surface area (TPSA) is 70.4 Å². The minimum Gasteiger partial charge on any atom is -0.465 e. The number of unbranched alkanes of at least 4 members (excludes halogenated alkanes) is 1. The minimum absolute atomic E-state index is 0.0200. The number of amides is 1. The number of carbonyl (C=O) groups is 2. The average molecular weight is 433 g/mol. The molecule has 31 heavy (non-hydrogen) atoms. The number of esters is 1. The van der Waals surface area contributed by atoms with Gasteiger partial charge in [0.1, 0.15) is 5.00 Å². The standard InChI is InChI=1S/C25H24N2O3S/c1-3-4-9-23(28)27(24-22(14-15-31-24)25(29)30-2)17-18-10-12-19(13-11-18)21-8-6-5-7-20(21)16-26/h5-8,10-15H,3-4,9,17H2,1-2H3. The smallest absolute Gasteiger partial charge is 0.340 e. The van der Waals surface area contributed by atoms with E-state index in [1.807, 2.05) is 49.4 Å². The van der Waals surface area contributed by atoms with Crippen molar-refractivity contribution >= 4 is 28.2 Å². The minimum atomic E-state index is -0.451. The molecule has 0 fully saturated rings. The maximum absolute atomic E-state index is 13.0. The van der Waals surface area contributed by atoms with Crippen LogP contribution >= 0.6 is 11.3 Å². The summed E-state index contributed by atoms with van der Waals surface area (Å²) in [6, 6.07) is 19.2. The lowest BCUT2D eigenvalue weighted by Gasteiger charge is -2.23. The number of benzene rings is 2. The molecule has 1 heterocycles. The number of thiophene rings is 1. The quantitative estimate of drug-likeness (QED) is 0.422. The summed E-state index contributed by atoms with van der Waals surface area (Å²) in [4.78, 5) is 26.8. The Bertz CT molecular complexity index is 1100. The molecule has 6 heteroatoms. The summed E-state index contributed by atoms with van der Waals surface area (Å²) in [6.07, 6.45) is 2.13. The van der Waals surface area contributed by atoms with Crippen molar-refractivity contribution < 1.29 is 14.3 Å². The molecular formula is C25H24N2O3S. The van der Waals surface area contributed by atoms with Crippen molar-refractivity contribution in [3.05, 3.63) is 76.7 Å². The molecule has 0 saturated heterocycles. The van der Waals surface area contributed by atoms with Gasteiger partial charge < -0.3 is 4.74 Å². The van der Waals surface area contributed by atoms with Crippen LogP contribution in [-0.4, -0.2) is 19.0 Å². The highest BCUT2D eigenvalue weighted by molar-refractivity contribution is 7.14. The zero-order chi connectivity index (χ0) is 22.2. The predicted molar refractivity (Wildman–Crippen MR) is 123 cm³/mol. The van der Waals surface area contributed by atoms with E-state index in [-0.39, 0.29) is 5.91 Å². The lowest BCUT2D eigenvalue weighted by Crippen LogP contribution is -2.30. The monoisotopic (exact) mass is 432 g/mol. The first-order valence-electron chi connectivity index (χ1n) is 10.1. The van der Waals surface area contributed by atoms with E-state index in [2.05, 4.69) is 6.07 Å². The third kappa shape index (κ3) is 5.19. The van der Waals surface area contributed by atoms with Crippen molar-refractivity contribution in [2.45, 2.75) is 32.7 Å². The number of nitriles is 1. The molecule has 3 aromatic rings. The maximum atomic E-state index is 13.0. The van der Waals surface area contributed by atoms with Crippen LogP contribution in [0.1, 0.15) is 47.7 Å². The van der Waals surface area contributed by atoms with Crippen LogP contribution in [-0.2, 0) is 16.1 Å². The highest BCUT2D eigenvalue weighted by Gasteiger charge is 2.24. The van der Waals surface area contributed by atoms with Crippen LogP contribution in [0.3, 0.4) is 0 Å². The van der Waals surface area contributed by atoms with Crippen LogP contribution in [0.4, 0.5) is 5.00 Å². The van der Waals surface area contributed by atoms with Gasteiger partial charge in [0.15, 0.2) is 0 Å². The number of nitrogens with zero attached hydrogens (tertiary/aromatic N) is 2. The van der Waals surface area contributed by atoms with E-state index >= 15 is 0 Å². The molecule has 0 N–H and O–H groups in total. The maximum Gasteiger partial charge on any atom is 0.340 e. The van der Waals surface area contributed by atoms with Crippen LogP contribution in [0, 0.1) is 11.3 Å². The predicted octanol–water partition coefficient (Wildman–Crippen LogP) is 5.80. The van der Waals surface area contributed by atoms with Gasteiger partial charge in [0.25, 0.3) is 0 Å². The van der Waals surface area contributed by atoms with Crippen LogP contribution in [0.15, 0.2) is 60.0 Å². The molecule has 0 unspecified atom stereocenters. The lowest BCUT2D eigenvalue weighted by atomic mass is 9.99. The van der Waals surface area contributed by atoms with Gasteiger partial charge >= 0.3 is 5.97 Å². The Labute approximate surface area is 186 Å². The highest BCUT2D eigenvalue weighted by atomic mass is 32.1. The van der Waals surface area contributed by atoms with Gasteiger partial charge in [-0.2, -0.15) is 5.26 Å². The molecule has 0 aliphatic rings. The van der Waals surface area contributed by atoms with E-state index < -0.39 is 5.97 Å². The number of hydrogen-bond acceptors (Lipinski definition) is 5. The number of ether oxygens (including phenoxy) is 1. The zero-order valence-corrected chi connectivity index (χ0v) is 18.4. The Morgan fingerprint density at radius 1 is 1.10 bits per heavy atom. The van der Waals surface area contributed by atoms with Crippen LogP contribution in [0.5, 0.6) is 0 Å². The van der Waals surface area contributed by atoms with Crippen LogP contribution in [0.2, 0.25) is 0 Å². The normalized spacial score (nSPS) is 10.4. The van der Waals surface area contributed by atoms with Gasteiger partial charge in [0.05, 0.1) is 30.9 Å². The summed E-state index contributed by atoms with van der Waals surface area (Å²) in [5.74, 6) is -0.471. The SMILES string of the molecule is CCCCC(=O)N(Cc1ccc(-c2ccccc2C#N)cc1)c1sccc1C(=O)OC. The molecule has 0 bridgehead atoms. The van der Waals surface area contributed by atoms with E-state index in [9.17, 15) is 14.9 Å². The number of rotatable bonds is 8. The average Bonchev–Trinajstić information content (AvgIpc) is 3.30. The molecule has 2 aromatic carbocycles. The number of hydrogen-bond donors (Lipinski definition) is 0. The van der Waals surface area contributed by atoms with Gasteiger partial charge in [0, 0.05) is 6.42 Å². The summed E-state index contributed by atoms with van der Waals surface area (Å²) in [7, 11) is 1.34. The molecule has 0 atom stereocenters. The van der Waals surface area contributed by atoms with Gasteiger partial charge in [-0.3, -0.25) is 9.69 Å². The second kappa shape index (κ2) is 10.6. The van der Waals surface area contributed by atoms with Gasteiger partial charge in [-0.25, -0.2) is 4.79 Å². The number of methoxy groups -OCH3 is 1. The summed E-state index contributed by atoms with van der Waals surface area (Å²) in [5, 5.41) is 11.8. The van der Waals surface area contributed by atoms with Gasteiger partial charge in [0.2, 0.25) is 5.91 Å². The van der Waals surface area contributed by atoms with Gasteiger partial charge in [-0.05, 0) is 40.6 Å². The van der Waals surface area contributed by atoms with Crippen molar-refractivity contribution in [3.8, 4) is 17.2 Å². The van der Waals surface area contributed by atoms with Crippen molar-refractivity contribution in [2.24, 2.45) is 0 Å². The van der Waals surface area contributed by atoms with E-state index in [1.54, 1.807) is 22.4 Å². The molecule has 1 aromatic heterocycles. The number of anilines is 1. The molecule has 5 nitrogen and oxygen atoms in total. The van der Waals surface area contributed by atoms with Crippen molar-refractivity contribution in [1.82, 2.24) is 0 Å². The van der Waals surface area contributed by atoms with Crippen molar-refractivity contribution in [1.29, 1.82) is 5.26 Å². The molecule has 158 valence electrons. The first-order chi connectivity index (χ1) is 15.1. The molecule has 0 aliphatic heterocycles. The van der Waals surface area contributed by atoms with Crippen LogP contribution in [0.25, 0.3) is 11.1 Å². The Hall–Kier alpha value is -3.43. The third-order valence-electron chi connectivity index (χ3n) is 4.99. The van der Waals surface area contributed by atoms with Gasteiger partial charge in [-0.1, -0.05) is 55.8 Å². The molecular weight excluding hydrogens is 408 g/mol. The highest BCUT2D eigenvalue weighted by Crippen LogP contribution is 2.31. The Balaban J connectivity index is 1.90. The third-order valence-corrected chi connectivity index (χ3v) is 5.93. The molecule has 0 saturated carbocycles. The summed E-state index contributed by atoms with van der Waals surface area (Å²) in [6.45, 7) is 2.40. The van der Waals surface area contributed by atoms with E-state index in [0.717, 1.165) is 29.5 Å². The van der Waals surface area contributed by atoms with Crippen molar-refractivity contribution in [2.75, 3.05) is 12.0 Å². The summed E-state index contributed by atoms with van der Waals surface area (Å²) < 4.78 is 4.89. The molecule has 0 aliphatic carbocycles. The number of carbonyl (C=O) groups excluding carboxylic acids is 2. The Morgan fingerprint density at radius 2 is 1.84 bits per heavy atom. The largest absolute Gasteiger partial charge is 0.465 e. The fourth-order valence-corrected chi connectivity index (χ4v) is 4.22. The first kappa shape index (κ1) is 22.3. The molecule has 3 rings (SSSR count). The zero-order valence-electron chi connectivity index (χ0n) is 17.6. The van der Waals surface area contributed by atoms with E-state index in [4.69, 9.17) is 4.74 Å². The summed E-state index contributed by atoms with van der Waals surface area (Å²) >= 11 is 1.36. The van der Waals surface area contributed by atoms with E-state index in [1.165, 1.54) is 18.4 Å².